The van der Waals surface area contributed by atoms with Crippen LogP contribution < -0.4 is 10.2 Å². The Hall–Kier alpha value is -3.07. The highest BCUT2D eigenvalue weighted by atomic mass is 35.5. The van der Waals surface area contributed by atoms with Crippen molar-refractivity contribution in [3.63, 3.8) is 0 Å². The maximum atomic E-state index is 13.1. The first-order valence-corrected chi connectivity index (χ1v) is 10.9. The maximum Gasteiger partial charge on any atom is 0.417 e. The number of amides is 1. The third-order valence-electron chi connectivity index (χ3n) is 5.87. The summed E-state index contributed by atoms with van der Waals surface area (Å²) < 4.78 is 40.2. The quantitative estimate of drug-likeness (QED) is 0.583. The van der Waals surface area contributed by atoms with Crippen LogP contribution in [0.4, 0.5) is 19.0 Å². The molecule has 1 aliphatic rings. The second-order valence-electron chi connectivity index (χ2n) is 8.05. The molecule has 1 amide bonds. The van der Waals surface area contributed by atoms with E-state index in [0.717, 1.165) is 17.8 Å². The highest BCUT2D eigenvalue weighted by molar-refractivity contribution is 6.30. The number of halogens is 4. The fraction of sp³-hybridized carbons (Fsp3) is 0.348. The number of imidazole rings is 1. The van der Waals surface area contributed by atoms with Crippen LogP contribution in [0.3, 0.4) is 0 Å². The molecule has 3 heterocycles. The Bertz CT molecular complexity index is 1090. The van der Waals surface area contributed by atoms with Crippen molar-refractivity contribution in [3.8, 4) is 0 Å². The minimum absolute atomic E-state index is 0.0852. The summed E-state index contributed by atoms with van der Waals surface area (Å²) in [5.41, 5.74) is 0.0940. The largest absolute Gasteiger partial charge is 0.417 e. The number of aryl methyl sites for hydroxylation is 1. The van der Waals surface area contributed by atoms with Gasteiger partial charge in [0.05, 0.1) is 5.56 Å². The second kappa shape index (κ2) is 9.43. The summed E-state index contributed by atoms with van der Waals surface area (Å²) in [5.74, 6) is 0.884. The van der Waals surface area contributed by atoms with Gasteiger partial charge in [-0.05, 0) is 42.7 Å². The van der Waals surface area contributed by atoms with Crippen molar-refractivity contribution in [2.75, 3.05) is 18.0 Å². The second-order valence-corrected chi connectivity index (χ2v) is 8.49. The topological polar surface area (TPSA) is 63.1 Å². The smallest absolute Gasteiger partial charge is 0.357 e. The molecule has 0 spiro atoms. The van der Waals surface area contributed by atoms with Crippen molar-refractivity contribution in [2.24, 2.45) is 13.0 Å². The molecule has 6 nitrogen and oxygen atoms in total. The van der Waals surface area contributed by atoms with Gasteiger partial charge in [0.15, 0.2) is 0 Å². The highest BCUT2D eigenvalue weighted by Gasteiger charge is 2.32. The van der Waals surface area contributed by atoms with Gasteiger partial charge in [-0.2, -0.15) is 13.2 Å². The van der Waals surface area contributed by atoms with Crippen LogP contribution in [0.1, 0.15) is 35.8 Å². The lowest BCUT2D eigenvalue weighted by molar-refractivity contribution is -0.137. The summed E-state index contributed by atoms with van der Waals surface area (Å²) in [4.78, 5) is 23.4. The number of aromatic nitrogens is 3. The zero-order valence-corrected chi connectivity index (χ0v) is 18.6. The summed E-state index contributed by atoms with van der Waals surface area (Å²) in [6.07, 6.45) is 1.08. The van der Waals surface area contributed by atoms with Gasteiger partial charge in [-0.3, -0.25) is 4.79 Å². The number of alkyl halides is 3. The van der Waals surface area contributed by atoms with Gasteiger partial charge in [0, 0.05) is 49.7 Å². The van der Waals surface area contributed by atoms with Gasteiger partial charge in [0.25, 0.3) is 0 Å². The van der Waals surface area contributed by atoms with Crippen LogP contribution in [0.5, 0.6) is 0 Å². The van der Waals surface area contributed by atoms with Crippen LogP contribution in [0.15, 0.2) is 55.0 Å². The van der Waals surface area contributed by atoms with Gasteiger partial charge < -0.3 is 14.8 Å². The van der Waals surface area contributed by atoms with Crippen molar-refractivity contribution in [1.82, 2.24) is 19.9 Å². The van der Waals surface area contributed by atoms with E-state index in [1.807, 2.05) is 34.8 Å². The minimum atomic E-state index is -4.41. The number of nitrogens with zero attached hydrogens (tertiary/aromatic N) is 4. The Balaban J connectivity index is 1.42. The van der Waals surface area contributed by atoms with Gasteiger partial charge in [-0.25, -0.2) is 9.97 Å². The molecule has 4 rings (SSSR count). The van der Waals surface area contributed by atoms with Crippen LogP contribution in [-0.4, -0.2) is 33.5 Å². The number of pyridine rings is 1. The number of carbonyl (C=O) groups is 1. The molecule has 1 aliphatic heterocycles. The summed E-state index contributed by atoms with van der Waals surface area (Å²) >= 11 is 6.02. The Labute approximate surface area is 194 Å². The molecule has 0 bridgehead atoms. The molecule has 10 heteroatoms. The van der Waals surface area contributed by atoms with Crippen LogP contribution >= 0.6 is 11.6 Å². The molecule has 1 N–H and O–H groups in total. The molecule has 174 valence electrons. The molecule has 0 aliphatic carbocycles. The average molecular weight is 478 g/mol. The Morgan fingerprint density at radius 1 is 1.12 bits per heavy atom. The molecule has 1 atom stereocenters. The van der Waals surface area contributed by atoms with E-state index in [0.29, 0.717) is 42.6 Å². The van der Waals surface area contributed by atoms with E-state index in [2.05, 4.69) is 15.3 Å². The number of hydrogen-bond donors (Lipinski definition) is 1. The standard InChI is InChI=1S/C23H23ClF3N5O/c1-31-13-10-28-21(31)20(15-2-5-18(24)6-3-15)30-22(33)16-8-11-32(12-9-16)19-7-4-17(14-29-19)23(25,26)27/h2-7,10,13-14,16,20H,8-9,11-12H2,1H3,(H,30,33)/t20-/m0/s1. The number of carbonyl (C=O) groups excluding carboxylic acids is 1. The van der Waals surface area contributed by atoms with E-state index in [-0.39, 0.29) is 11.8 Å². The molecule has 2 aromatic heterocycles. The predicted molar refractivity (Wildman–Crippen MR) is 119 cm³/mol. The highest BCUT2D eigenvalue weighted by Crippen LogP contribution is 2.30. The molecule has 1 saturated heterocycles. The Morgan fingerprint density at radius 2 is 1.82 bits per heavy atom. The summed E-state index contributed by atoms with van der Waals surface area (Å²) in [6.45, 7) is 1.06. The SMILES string of the molecule is Cn1ccnc1[C@@H](NC(=O)C1CCN(c2ccc(C(F)(F)F)cn2)CC1)c1ccc(Cl)cc1. The molecular formula is C23H23ClF3N5O. The first-order valence-electron chi connectivity index (χ1n) is 10.5. The van der Waals surface area contributed by atoms with Crippen LogP contribution in [0.25, 0.3) is 0 Å². The number of piperidine rings is 1. The van der Waals surface area contributed by atoms with E-state index >= 15 is 0 Å². The van der Waals surface area contributed by atoms with Crippen molar-refractivity contribution >= 4 is 23.3 Å². The van der Waals surface area contributed by atoms with Crippen molar-refractivity contribution in [3.05, 3.63) is 77.0 Å². The predicted octanol–water partition coefficient (Wildman–Crippen LogP) is 4.61. The molecule has 0 saturated carbocycles. The molecule has 33 heavy (non-hydrogen) atoms. The molecule has 0 unspecified atom stereocenters. The number of rotatable bonds is 5. The molecule has 1 fully saturated rings. The van der Waals surface area contributed by atoms with Crippen molar-refractivity contribution in [2.45, 2.75) is 25.1 Å². The number of nitrogens with one attached hydrogen (secondary N) is 1. The lowest BCUT2D eigenvalue weighted by Gasteiger charge is -2.33. The van der Waals surface area contributed by atoms with E-state index < -0.39 is 17.8 Å². The van der Waals surface area contributed by atoms with Crippen molar-refractivity contribution < 1.29 is 18.0 Å². The molecule has 3 aromatic rings. The Kier molecular flexibility index (Phi) is 6.60. The number of hydrogen-bond acceptors (Lipinski definition) is 4. The first-order chi connectivity index (χ1) is 15.7. The number of anilines is 1. The van der Waals surface area contributed by atoms with Gasteiger partial charge in [0.2, 0.25) is 5.91 Å². The van der Waals surface area contributed by atoms with Crippen molar-refractivity contribution in [1.29, 1.82) is 0 Å². The third-order valence-corrected chi connectivity index (χ3v) is 6.12. The fourth-order valence-corrected chi connectivity index (χ4v) is 4.11. The molecular weight excluding hydrogens is 455 g/mol. The van der Waals surface area contributed by atoms with Crippen LogP contribution in [-0.2, 0) is 18.0 Å². The van der Waals surface area contributed by atoms with E-state index in [9.17, 15) is 18.0 Å². The lowest BCUT2D eigenvalue weighted by atomic mass is 9.94. The number of benzene rings is 1. The molecule has 1 aromatic carbocycles. The summed E-state index contributed by atoms with van der Waals surface area (Å²) in [6, 6.07) is 9.25. The maximum absolute atomic E-state index is 13.1. The summed E-state index contributed by atoms with van der Waals surface area (Å²) in [5, 5.41) is 3.72. The van der Waals surface area contributed by atoms with Gasteiger partial charge in [0.1, 0.15) is 17.7 Å². The zero-order valence-electron chi connectivity index (χ0n) is 17.9. The van der Waals surface area contributed by atoms with Crippen LogP contribution in [0, 0.1) is 5.92 Å². The monoisotopic (exact) mass is 477 g/mol. The fourth-order valence-electron chi connectivity index (χ4n) is 3.98. The third kappa shape index (κ3) is 5.30. The Morgan fingerprint density at radius 3 is 2.36 bits per heavy atom. The summed E-state index contributed by atoms with van der Waals surface area (Å²) in [7, 11) is 1.87. The van der Waals surface area contributed by atoms with Gasteiger partial charge in [-0.1, -0.05) is 23.7 Å². The van der Waals surface area contributed by atoms with Gasteiger partial charge >= 0.3 is 6.18 Å². The molecule has 0 radical (unpaired) electrons. The average Bonchev–Trinajstić information content (AvgIpc) is 3.23. The zero-order chi connectivity index (χ0) is 23.6. The minimum Gasteiger partial charge on any atom is -0.357 e. The van der Waals surface area contributed by atoms with Gasteiger partial charge in [-0.15, -0.1) is 0 Å². The van der Waals surface area contributed by atoms with E-state index in [1.165, 1.54) is 6.07 Å². The normalized spacial score (nSPS) is 16.0. The van der Waals surface area contributed by atoms with E-state index in [4.69, 9.17) is 11.6 Å². The van der Waals surface area contributed by atoms with Crippen LogP contribution in [0.2, 0.25) is 5.02 Å². The van der Waals surface area contributed by atoms with E-state index in [1.54, 1.807) is 18.3 Å². The first kappa shape index (κ1) is 23.1. The lowest BCUT2D eigenvalue weighted by Crippen LogP contribution is -2.42.